The summed E-state index contributed by atoms with van der Waals surface area (Å²) in [6, 6.07) is 3.62. The van der Waals surface area contributed by atoms with E-state index >= 15 is 0 Å². The molecule has 18 heavy (non-hydrogen) atoms. The van der Waals surface area contributed by atoms with E-state index in [4.69, 9.17) is 16.3 Å². The number of pyridine rings is 1. The van der Waals surface area contributed by atoms with Gasteiger partial charge in [0.1, 0.15) is 5.82 Å². The maximum Gasteiger partial charge on any atom is 0.157 e. The van der Waals surface area contributed by atoms with Crippen LogP contribution in [0.25, 0.3) is 0 Å². The number of aromatic nitrogens is 1. The molecule has 2 rings (SSSR count). The second-order valence-electron chi connectivity index (χ2n) is 4.31. The maximum atomic E-state index is 6.10. The Kier molecular flexibility index (Phi) is 4.38. The maximum absolute atomic E-state index is 6.10. The van der Waals surface area contributed by atoms with Crippen LogP contribution in [0.5, 0.6) is 0 Å². The number of ether oxygens (including phenoxy) is 1. The third-order valence-corrected chi connectivity index (χ3v) is 2.74. The highest BCUT2D eigenvalue weighted by molar-refractivity contribution is 6.31. The molecule has 0 bridgehead atoms. The van der Waals surface area contributed by atoms with E-state index in [1.165, 1.54) is 0 Å². The van der Waals surface area contributed by atoms with Gasteiger partial charge in [-0.1, -0.05) is 11.6 Å². The first-order valence-electron chi connectivity index (χ1n) is 5.86. The molecule has 0 N–H and O–H groups in total. The first-order valence-corrected chi connectivity index (χ1v) is 6.24. The lowest BCUT2D eigenvalue weighted by molar-refractivity contribution is 0.122. The highest BCUT2D eigenvalue weighted by Crippen LogP contribution is 2.23. The first-order chi connectivity index (χ1) is 8.65. The summed E-state index contributed by atoms with van der Waals surface area (Å²) in [7, 11) is 3.83. The molecule has 0 unspecified atom stereocenters. The van der Waals surface area contributed by atoms with Crippen LogP contribution in [0.4, 0.5) is 11.6 Å². The van der Waals surface area contributed by atoms with E-state index in [0.717, 1.165) is 32.1 Å². The van der Waals surface area contributed by atoms with Crippen molar-refractivity contribution in [3.63, 3.8) is 0 Å². The molecule has 6 heteroatoms. The summed E-state index contributed by atoms with van der Waals surface area (Å²) in [4.78, 5) is 12.8. The third kappa shape index (κ3) is 3.58. The van der Waals surface area contributed by atoms with Gasteiger partial charge in [0, 0.05) is 38.3 Å². The molecule has 1 aliphatic heterocycles. The van der Waals surface area contributed by atoms with Crippen molar-refractivity contribution in [1.29, 1.82) is 0 Å². The number of morpholine rings is 1. The van der Waals surface area contributed by atoms with Gasteiger partial charge in [0.25, 0.3) is 0 Å². The summed E-state index contributed by atoms with van der Waals surface area (Å²) in [6.45, 7) is 3.13. The van der Waals surface area contributed by atoms with Gasteiger partial charge in [-0.2, -0.15) is 0 Å². The Morgan fingerprint density at radius 3 is 2.78 bits per heavy atom. The van der Waals surface area contributed by atoms with E-state index in [2.05, 4.69) is 14.9 Å². The van der Waals surface area contributed by atoms with E-state index < -0.39 is 0 Å². The summed E-state index contributed by atoms with van der Waals surface area (Å²) in [5, 5.41) is 0.650. The van der Waals surface area contributed by atoms with Crippen molar-refractivity contribution >= 4 is 29.6 Å². The van der Waals surface area contributed by atoms with Crippen molar-refractivity contribution in [2.24, 2.45) is 4.99 Å². The van der Waals surface area contributed by atoms with Crippen LogP contribution in [0.1, 0.15) is 0 Å². The zero-order valence-corrected chi connectivity index (χ0v) is 11.4. The lowest BCUT2D eigenvalue weighted by Gasteiger charge is -2.27. The van der Waals surface area contributed by atoms with Gasteiger partial charge in [-0.25, -0.2) is 9.98 Å². The van der Waals surface area contributed by atoms with Crippen molar-refractivity contribution in [3.05, 3.63) is 17.2 Å². The molecular formula is C12H17ClN4O. The second-order valence-corrected chi connectivity index (χ2v) is 4.75. The van der Waals surface area contributed by atoms with Crippen LogP contribution in [0.15, 0.2) is 17.1 Å². The lowest BCUT2D eigenvalue weighted by Crippen LogP contribution is -2.36. The number of hydrogen-bond acceptors (Lipinski definition) is 4. The van der Waals surface area contributed by atoms with Crippen molar-refractivity contribution in [3.8, 4) is 0 Å². The second kappa shape index (κ2) is 6.02. The van der Waals surface area contributed by atoms with Gasteiger partial charge in [0.2, 0.25) is 0 Å². The van der Waals surface area contributed by atoms with Gasteiger partial charge in [-0.05, 0) is 6.07 Å². The van der Waals surface area contributed by atoms with Crippen LogP contribution in [-0.2, 0) is 4.74 Å². The minimum atomic E-state index is 0.623. The zero-order valence-electron chi connectivity index (χ0n) is 10.6. The Morgan fingerprint density at radius 2 is 2.11 bits per heavy atom. The fourth-order valence-electron chi connectivity index (χ4n) is 1.67. The van der Waals surface area contributed by atoms with Crippen LogP contribution in [0, 0.1) is 0 Å². The van der Waals surface area contributed by atoms with Crippen molar-refractivity contribution < 1.29 is 4.74 Å². The highest BCUT2D eigenvalue weighted by Gasteiger charge is 2.13. The molecule has 98 valence electrons. The van der Waals surface area contributed by atoms with Gasteiger partial charge in [0.15, 0.2) is 5.82 Å². The third-order valence-electron chi connectivity index (χ3n) is 2.52. The van der Waals surface area contributed by atoms with E-state index in [1.807, 2.05) is 25.1 Å². The quantitative estimate of drug-likeness (QED) is 0.619. The number of hydrogen-bond donors (Lipinski definition) is 0. The van der Waals surface area contributed by atoms with E-state index in [1.54, 1.807) is 12.4 Å². The normalized spacial score (nSPS) is 16.3. The number of halogens is 1. The van der Waals surface area contributed by atoms with Gasteiger partial charge in [-0.3, -0.25) is 0 Å². The summed E-state index contributed by atoms with van der Waals surface area (Å²) < 4.78 is 5.32. The van der Waals surface area contributed by atoms with Gasteiger partial charge < -0.3 is 14.5 Å². The van der Waals surface area contributed by atoms with Crippen molar-refractivity contribution in [2.45, 2.75) is 0 Å². The Hall–Kier alpha value is -1.33. The molecule has 1 saturated heterocycles. The predicted molar refractivity (Wildman–Crippen MR) is 74.1 cm³/mol. The molecule has 5 nitrogen and oxygen atoms in total. The molecule has 2 heterocycles. The molecule has 0 atom stereocenters. The minimum Gasteiger partial charge on any atom is -0.378 e. The molecule has 1 aliphatic rings. The predicted octanol–water partition coefficient (Wildman–Crippen LogP) is 1.79. The van der Waals surface area contributed by atoms with Crippen molar-refractivity contribution in [1.82, 2.24) is 9.88 Å². The topological polar surface area (TPSA) is 41.0 Å². The number of nitrogens with zero attached hydrogens (tertiary/aromatic N) is 4. The highest BCUT2D eigenvalue weighted by atomic mass is 35.5. The van der Waals surface area contributed by atoms with Crippen LogP contribution < -0.4 is 4.90 Å². The molecule has 1 fully saturated rings. The Morgan fingerprint density at radius 1 is 1.39 bits per heavy atom. The molecule has 0 saturated carbocycles. The summed E-state index contributed by atoms with van der Waals surface area (Å²) in [6.07, 6.45) is 1.71. The lowest BCUT2D eigenvalue weighted by atomic mass is 10.3. The molecule has 0 spiro atoms. The van der Waals surface area contributed by atoms with Crippen LogP contribution in [-0.4, -0.2) is 56.6 Å². The molecule has 0 aliphatic carbocycles. The SMILES string of the molecule is CN(C)/C=N/c1cc(Cl)cc(N2CCOCC2)n1. The Bertz CT molecular complexity index is 430. The number of aliphatic imine (C=N–C) groups is 1. The average Bonchev–Trinajstić information content (AvgIpc) is 2.37. The minimum absolute atomic E-state index is 0.623. The monoisotopic (exact) mass is 268 g/mol. The Balaban J connectivity index is 2.20. The number of anilines is 1. The average molecular weight is 269 g/mol. The summed E-state index contributed by atoms with van der Waals surface area (Å²) >= 11 is 6.10. The van der Waals surface area contributed by atoms with Crippen LogP contribution in [0.3, 0.4) is 0 Å². The largest absolute Gasteiger partial charge is 0.378 e. The molecule has 1 aromatic rings. The smallest absolute Gasteiger partial charge is 0.157 e. The molecular weight excluding hydrogens is 252 g/mol. The first kappa shape index (κ1) is 13.1. The fourth-order valence-corrected chi connectivity index (χ4v) is 1.86. The standard InChI is InChI=1S/C12H17ClN4O/c1-16(2)9-14-11-7-10(13)8-12(15-11)17-3-5-18-6-4-17/h7-9H,3-6H2,1-2H3/b14-9+. The van der Waals surface area contributed by atoms with Gasteiger partial charge in [0.05, 0.1) is 19.6 Å². The van der Waals surface area contributed by atoms with Gasteiger partial charge >= 0.3 is 0 Å². The fraction of sp³-hybridized carbons (Fsp3) is 0.500. The zero-order chi connectivity index (χ0) is 13.0. The molecule has 0 radical (unpaired) electrons. The molecule has 0 amide bonds. The molecule has 0 aromatic carbocycles. The van der Waals surface area contributed by atoms with E-state index in [0.29, 0.717) is 10.8 Å². The molecule has 1 aromatic heterocycles. The van der Waals surface area contributed by atoms with Crippen LogP contribution in [0.2, 0.25) is 5.02 Å². The Labute approximate surface area is 112 Å². The number of rotatable bonds is 3. The summed E-state index contributed by atoms with van der Waals surface area (Å²) in [5.41, 5.74) is 0. The summed E-state index contributed by atoms with van der Waals surface area (Å²) in [5.74, 6) is 1.48. The van der Waals surface area contributed by atoms with E-state index in [9.17, 15) is 0 Å². The van der Waals surface area contributed by atoms with E-state index in [-0.39, 0.29) is 0 Å². The van der Waals surface area contributed by atoms with Gasteiger partial charge in [-0.15, -0.1) is 0 Å². The van der Waals surface area contributed by atoms with Crippen molar-refractivity contribution in [2.75, 3.05) is 45.3 Å². The van der Waals surface area contributed by atoms with Crippen LogP contribution >= 0.6 is 11.6 Å².